The SMILES string of the molecule is O=C1N[C@H](c2cccnc2Cl)CO1. The van der Waals surface area contributed by atoms with Gasteiger partial charge in [-0.25, -0.2) is 9.78 Å². The number of amides is 1. The van der Waals surface area contributed by atoms with Crippen molar-refractivity contribution in [3.8, 4) is 0 Å². The molecule has 1 aromatic rings. The van der Waals surface area contributed by atoms with Crippen molar-refractivity contribution in [2.24, 2.45) is 0 Å². The molecule has 0 aliphatic carbocycles. The Kier molecular flexibility index (Phi) is 2.06. The van der Waals surface area contributed by atoms with Crippen molar-refractivity contribution >= 4 is 17.7 Å². The van der Waals surface area contributed by atoms with Crippen LogP contribution in [0.2, 0.25) is 5.15 Å². The predicted molar refractivity (Wildman–Crippen MR) is 46.5 cm³/mol. The lowest BCUT2D eigenvalue weighted by molar-refractivity contribution is 0.177. The molecule has 0 radical (unpaired) electrons. The summed E-state index contributed by atoms with van der Waals surface area (Å²) in [6, 6.07) is 3.41. The topological polar surface area (TPSA) is 51.2 Å². The largest absolute Gasteiger partial charge is 0.447 e. The molecule has 1 aliphatic heterocycles. The Hall–Kier alpha value is -1.29. The summed E-state index contributed by atoms with van der Waals surface area (Å²) in [5.41, 5.74) is 0.787. The molecule has 68 valence electrons. The molecule has 2 rings (SSSR count). The third kappa shape index (κ3) is 1.58. The molecule has 1 N–H and O–H groups in total. The normalized spacial score (nSPS) is 21.0. The minimum atomic E-state index is -0.412. The first kappa shape index (κ1) is 8.31. The summed E-state index contributed by atoms with van der Waals surface area (Å²) in [5, 5.41) is 3.03. The van der Waals surface area contributed by atoms with Crippen molar-refractivity contribution in [3.63, 3.8) is 0 Å². The Morgan fingerprint density at radius 3 is 3.15 bits per heavy atom. The molecule has 2 heterocycles. The van der Waals surface area contributed by atoms with E-state index in [1.165, 1.54) is 0 Å². The minimum Gasteiger partial charge on any atom is -0.447 e. The van der Waals surface area contributed by atoms with Crippen LogP contribution in [-0.2, 0) is 4.74 Å². The maximum atomic E-state index is 10.7. The molecule has 1 saturated heterocycles. The number of carbonyl (C=O) groups is 1. The van der Waals surface area contributed by atoms with Gasteiger partial charge < -0.3 is 10.1 Å². The first-order valence-electron chi connectivity index (χ1n) is 3.81. The molecule has 1 amide bonds. The van der Waals surface area contributed by atoms with E-state index in [2.05, 4.69) is 10.3 Å². The van der Waals surface area contributed by atoms with Gasteiger partial charge in [0, 0.05) is 11.8 Å². The Balaban J connectivity index is 2.26. The zero-order valence-electron chi connectivity index (χ0n) is 6.66. The number of nitrogens with one attached hydrogen (secondary N) is 1. The summed E-state index contributed by atoms with van der Waals surface area (Å²) in [5.74, 6) is 0. The number of ether oxygens (including phenoxy) is 1. The number of aromatic nitrogens is 1. The van der Waals surface area contributed by atoms with Gasteiger partial charge in [-0.05, 0) is 6.07 Å². The Morgan fingerprint density at radius 1 is 1.69 bits per heavy atom. The summed E-state index contributed by atoms with van der Waals surface area (Å²) in [6.07, 6.45) is 1.19. The van der Waals surface area contributed by atoms with E-state index in [0.29, 0.717) is 11.8 Å². The number of carbonyl (C=O) groups excluding carboxylic acids is 1. The average molecular weight is 199 g/mol. The highest BCUT2D eigenvalue weighted by Gasteiger charge is 2.25. The third-order valence-corrected chi connectivity index (χ3v) is 2.15. The van der Waals surface area contributed by atoms with Gasteiger partial charge in [-0.1, -0.05) is 17.7 Å². The number of hydrogen-bond acceptors (Lipinski definition) is 3. The van der Waals surface area contributed by atoms with Crippen LogP contribution in [0.3, 0.4) is 0 Å². The quantitative estimate of drug-likeness (QED) is 0.696. The van der Waals surface area contributed by atoms with E-state index in [0.717, 1.165) is 5.56 Å². The van der Waals surface area contributed by atoms with Gasteiger partial charge in [0.15, 0.2) is 0 Å². The summed E-state index contributed by atoms with van der Waals surface area (Å²) in [4.78, 5) is 14.6. The smallest absolute Gasteiger partial charge is 0.407 e. The first-order valence-corrected chi connectivity index (χ1v) is 4.19. The third-order valence-electron chi connectivity index (χ3n) is 1.84. The minimum absolute atomic E-state index is 0.173. The predicted octanol–water partition coefficient (Wildman–Crippen LogP) is 1.52. The van der Waals surface area contributed by atoms with Crippen LogP contribution in [0.15, 0.2) is 18.3 Å². The highest BCUT2D eigenvalue weighted by Crippen LogP contribution is 2.23. The Bertz CT molecular complexity index is 343. The number of hydrogen-bond donors (Lipinski definition) is 1. The molecule has 0 unspecified atom stereocenters. The van der Waals surface area contributed by atoms with E-state index in [-0.39, 0.29) is 6.04 Å². The van der Waals surface area contributed by atoms with E-state index in [1.807, 2.05) is 6.07 Å². The second-order valence-corrected chi connectivity index (χ2v) is 3.04. The Labute approximate surface area is 79.9 Å². The molecule has 0 saturated carbocycles. The van der Waals surface area contributed by atoms with E-state index >= 15 is 0 Å². The van der Waals surface area contributed by atoms with Crippen LogP contribution >= 0.6 is 11.6 Å². The van der Waals surface area contributed by atoms with Crippen LogP contribution in [-0.4, -0.2) is 17.7 Å². The van der Waals surface area contributed by atoms with E-state index in [4.69, 9.17) is 16.3 Å². The lowest BCUT2D eigenvalue weighted by atomic mass is 10.1. The van der Waals surface area contributed by atoms with E-state index < -0.39 is 6.09 Å². The molecule has 4 nitrogen and oxygen atoms in total. The van der Waals surface area contributed by atoms with Crippen LogP contribution < -0.4 is 5.32 Å². The van der Waals surface area contributed by atoms with Gasteiger partial charge in [-0.15, -0.1) is 0 Å². The fourth-order valence-electron chi connectivity index (χ4n) is 1.21. The van der Waals surface area contributed by atoms with Crippen LogP contribution in [0.4, 0.5) is 4.79 Å². The van der Waals surface area contributed by atoms with Gasteiger partial charge in [0.2, 0.25) is 0 Å². The van der Waals surface area contributed by atoms with Crippen molar-refractivity contribution in [1.29, 1.82) is 0 Å². The molecule has 0 aromatic carbocycles. The summed E-state index contributed by atoms with van der Waals surface area (Å²) >= 11 is 5.83. The van der Waals surface area contributed by atoms with Crippen LogP contribution in [0.1, 0.15) is 11.6 Å². The van der Waals surface area contributed by atoms with Crippen molar-refractivity contribution in [2.75, 3.05) is 6.61 Å². The van der Waals surface area contributed by atoms with Gasteiger partial charge in [-0.3, -0.25) is 0 Å². The van der Waals surface area contributed by atoms with Gasteiger partial charge in [0.25, 0.3) is 0 Å². The zero-order chi connectivity index (χ0) is 9.26. The van der Waals surface area contributed by atoms with Crippen molar-refractivity contribution < 1.29 is 9.53 Å². The first-order chi connectivity index (χ1) is 6.27. The van der Waals surface area contributed by atoms with Gasteiger partial charge >= 0.3 is 6.09 Å². The lowest BCUT2D eigenvalue weighted by Crippen LogP contribution is -2.18. The van der Waals surface area contributed by atoms with Gasteiger partial charge in [0.1, 0.15) is 11.8 Å². The monoisotopic (exact) mass is 198 g/mol. The van der Waals surface area contributed by atoms with Crippen molar-refractivity contribution in [1.82, 2.24) is 10.3 Å². The highest BCUT2D eigenvalue weighted by atomic mass is 35.5. The van der Waals surface area contributed by atoms with Crippen LogP contribution in [0.25, 0.3) is 0 Å². The molecule has 1 aromatic heterocycles. The second kappa shape index (κ2) is 3.22. The van der Waals surface area contributed by atoms with Crippen LogP contribution in [0, 0.1) is 0 Å². The molecule has 1 fully saturated rings. The van der Waals surface area contributed by atoms with Crippen molar-refractivity contribution in [3.05, 3.63) is 29.0 Å². The molecule has 5 heteroatoms. The maximum Gasteiger partial charge on any atom is 0.407 e. The second-order valence-electron chi connectivity index (χ2n) is 2.68. The molecule has 13 heavy (non-hydrogen) atoms. The van der Waals surface area contributed by atoms with Gasteiger partial charge in [0.05, 0.1) is 6.04 Å². The average Bonchev–Trinajstić information content (AvgIpc) is 2.53. The summed E-state index contributed by atoms with van der Waals surface area (Å²) < 4.78 is 4.74. The van der Waals surface area contributed by atoms with E-state index in [9.17, 15) is 4.79 Å². The molecule has 0 bridgehead atoms. The fraction of sp³-hybridized carbons (Fsp3) is 0.250. The number of halogens is 1. The number of rotatable bonds is 1. The zero-order valence-corrected chi connectivity index (χ0v) is 7.41. The lowest BCUT2D eigenvalue weighted by Gasteiger charge is -2.07. The molecule has 1 atom stereocenters. The maximum absolute atomic E-state index is 10.7. The number of pyridine rings is 1. The molecular weight excluding hydrogens is 192 g/mol. The van der Waals surface area contributed by atoms with Gasteiger partial charge in [-0.2, -0.15) is 0 Å². The standard InChI is InChI=1S/C8H7ClN2O2/c9-7-5(2-1-3-10-7)6-4-13-8(12)11-6/h1-3,6H,4H2,(H,11,12)/t6-/m0/s1. The highest BCUT2D eigenvalue weighted by molar-refractivity contribution is 6.30. The molecule has 1 aliphatic rings. The fourth-order valence-corrected chi connectivity index (χ4v) is 1.46. The number of alkyl carbamates (subject to hydrolysis) is 1. The molecule has 0 spiro atoms. The number of nitrogens with zero attached hydrogens (tertiary/aromatic N) is 1. The van der Waals surface area contributed by atoms with E-state index in [1.54, 1.807) is 12.3 Å². The van der Waals surface area contributed by atoms with Crippen LogP contribution in [0.5, 0.6) is 0 Å². The van der Waals surface area contributed by atoms with Crippen molar-refractivity contribution in [2.45, 2.75) is 6.04 Å². The Morgan fingerprint density at radius 2 is 2.54 bits per heavy atom. The summed E-state index contributed by atoms with van der Waals surface area (Å²) in [7, 11) is 0. The number of cyclic esters (lactones) is 1. The molecular formula is C8H7ClN2O2. The summed E-state index contributed by atoms with van der Waals surface area (Å²) in [6.45, 7) is 0.310.